The first-order chi connectivity index (χ1) is 3.27. The standard InChI is InChI=1S/C4H8O3.Ir.3H2O/c1-2-7-3-4(5)6;;;;/h2-3H2,1H3,(H,5,6);;3*1H2. The minimum Gasteiger partial charge on any atom is -0.480 e. The summed E-state index contributed by atoms with van der Waals surface area (Å²) in [5, 5.41) is 7.92. The van der Waals surface area contributed by atoms with Crippen LogP contribution in [0.3, 0.4) is 0 Å². The Hall–Kier alpha value is -0.0406. The topological polar surface area (TPSA) is 141 Å². The van der Waals surface area contributed by atoms with Gasteiger partial charge in [-0.05, 0) is 6.92 Å². The number of rotatable bonds is 3. The van der Waals surface area contributed by atoms with Crippen molar-refractivity contribution >= 4 is 5.97 Å². The molecule has 0 fully saturated rings. The Morgan fingerprint density at radius 2 is 1.73 bits per heavy atom. The van der Waals surface area contributed by atoms with Crippen LogP contribution in [0.25, 0.3) is 0 Å². The summed E-state index contributed by atoms with van der Waals surface area (Å²) >= 11 is 0. The molecule has 11 heavy (non-hydrogen) atoms. The van der Waals surface area contributed by atoms with Crippen LogP contribution in [0.5, 0.6) is 0 Å². The molecule has 0 unspecified atom stereocenters. The van der Waals surface area contributed by atoms with E-state index in [1.54, 1.807) is 6.92 Å². The molecule has 0 heterocycles. The van der Waals surface area contributed by atoms with Crippen LogP contribution >= 0.6 is 0 Å². The average Bonchev–Trinajstić information content (AvgIpc) is 1.61. The van der Waals surface area contributed by atoms with Gasteiger partial charge >= 0.3 is 5.97 Å². The summed E-state index contributed by atoms with van der Waals surface area (Å²) in [7, 11) is 0. The van der Waals surface area contributed by atoms with E-state index in [4.69, 9.17) is 5.11 Å². The van der Waals surface area contributed by atoms with Crippen molar-refractivity contribution in [3.63, 3.8) is 0 Å². The predicted molar refractivity (Wildman–Crippen MR) is 35.0 cm³/mol. The molecule has 1 radical (unpaired) electrons. The van der Waals surface area contributed by atoms with Crippen LogP contribution in [0.2, 0.25) is 0 Å². The molecule has 0 amide bonds. The molecule has 0 bridgehead atoms. The van der Waals surface area contributed by atoms with E-state index in [9.17, 15) is 4.79 Å². The number of ether oxygens (including phenoxy) is 1. The molecular weight excluding hydrogens is 336 g/mol. The maximum absolute atomic E-state index is 9.63. The third-order valence-electron chi connectivity index (χ3n) is 0.430. The van der Waals surface area contributed by atoms with Gasteiger partial charge in [0.1, 0.15) is 6.61 Å². The van der Waals surface area contributed by atoms with Crippen LogP contribution < -0.4 is 0 Å². The normalized spacial score (nSPS) is 5.55. The zero-order chi connectivity index (χ0) is 5.70. The summed E-state index contributed by atoms with van der Waals surface area (Å²) in [5.41, 5.74) is 0. The zero-order valence-corrected chi connectivity index (χ0v) is 8.41. The van der Waals surface area contributed by atoms with Crippen LogP contribution in [0.15, 0.2) is 0 Å². The fourth-order valence-electron chi connectivity index (χ4n) is 0.189. The van der Waals surface area contributed by atoms with Crippen molar-refractivity contribution in [3.8, 4) is 0 Å². The molecule has 0 aromatic rings. The second-order valence-electron chi connectivity index (χ2n) is 1.03. The van der Waals surface area contributed by atoms with E-state index < -0.39 is 5.97 Å². The molecule has 0 aromatic carbocycles. The fraction of sp³-hybridized carbons (Fsp3) is 0.750. The smallest absolute Gasteiger partial charge is 0.329 e. The van der Waals surface area contributed by atoms with Gasteiger partial charge in [0.05, 0.1) is 0 Å². The minimum absolute atomic E-state index is 0. The Morgan fingerprint density at radius 3 is 1.82 bits per heavy atom. The van der Waals surface area contributed by atoms with Gasteiger partial charge in [0.2, 0.25) is 0 Å². The van der Waals surface area contributed by atoms with Crippen molar-refractivity contribution in [2.45, 2.75) is 6.92 Å². The Labute approximate surface area is 77.8 Å². The predicted octanol–water partition coefficient (Wildman–Crippen LogP) is -2.37. The molecule has 0 rings (SSSR count). The Morgan fingerprint density at radius 1 is 1.36 bits per heavy atom. The summed E-state index contributed by atoms with van der Waals surface area (Å²) < 4.78 is 4.50. The van der Waals surface area contributed by atoms with Crippen LogP contribution in [0.1, 0.15) is 6.92 Å². The van der Waals surface area contributed by atoms with Gasteiger partial charge in [-0.2, -0.15) is 0 Å². The van der Waals surface area contributed by atoms with Crippen molar-refractivity contribution < 1.29 is 51.2 Å². The molecule has 75 valence electrons. The van der Waals surface area contributed by atoms with Crippen molar-refractivity contribution in [3.05, 3.63) is 0 Å². The molecule has 0 saturated carbocycles. The van der Waals surface area contributed by atoms with Crippen molar-refractivity contribution in [1.82, 2.24) is 0 Å². The third kappa shape index (κ3) is 40.2. The molecule has 7 heteroatoms. The molecule has 0 aliphatic rings. The van der Waals surface area contributed by atoms with Crippen molar-refractivity contribution in [1.29, 1.82) is 0 Å². The van der Waals surface area contributed by atoms with Gasteiger partial charge in [-0.1, -0.05) is 0 Å². The Balaban J connectivity index is -0.0000000300. The van der Waals surface area contributed by atoms with E-state index in [0.717, 1.165) is 0 Å². The van der Waals surface area contributed by atoms with Crippen molar-refractivity contribution in [2.24, 2.45) is 0 Å². The molecule has 7 N–H and O–H groups in total. The van der Waals surface area contributed by atoms with E-state index in [0.29, 0.717) is 6.61 Å². The van der Waals surface area contributed by atoms with Crippen LogP contribution in [-0.4, -0.2) is 40.7 Å². The van der Waals surface area contributed by atoms with Gasteiger partial charge in [0.25, 0.3) is 0 Å². The molecule has 6 nitrogen and oxygen atoms in total. The first-order valence-electron chi connectivity index (χ1n) is 2.07. The van der Waals surface area contributed by atoms with E-state index in [1.165, 1.54) is 0 Å². The Bertz CT molecular complexity index is 67.6. The quantitative estimate of drug-likeness (QED) is 0.608. The van der Waals surface area contributed by atoms with Gasteiger partial charge in [-0.3, -0.25) is 0 Å². The van der Waals surface area contributed by atoms with Crippen molar-refractivity contribution in [2.75, 3.05) is 13.2 Å². The summed E-state index contributed by atoms with van der Waals surface area (Å²) in [5.74, 6) is -0.915. The number of hydrogen-bond acceptors (Lipinski definition) is 2. The summed E-state index contributed by atoms with van der Waals surface area (Å²) in [6.45, 7) is 2.03. The Kier molecular flexibility index (Phi) is 62.6. The van der Waals surface area contributed by atoms with E-state index in [1.807, 2.05) is 0 Å². The number of carbonyl (C=O) groups is 1. The number of carboxylic acid groups (broad SMARTS) is 1. The molecule has 0 aliphatic heterocycles. The first-order valence-corrected chi connectivity index (χ1v) is 2.07. The maximum atomic E-state index is 9.63. The molecule has 0 spiro atoms. The first kappa shape index (κ1) is 30.6. The van der Waals surface area contributed by atoms with E-state index in [2.05, 4.69) is 4.74 Å². The van der Waals surface area contributed by atoms with Crippen LogP contribution in [-0.2, 0) is 29.6 Å². The molecular formula is C4H14IrO6. The van der Waals surface area contributed by atoms with Gasteiger partial charge in [-0.25, -0.2) is 4.79 Å². The number of carboxylic acids is 1. The fourth-order valence-corrected chi connectivity index (χ4v) is 0.189. The number of aliphatic carboxylic acids is 1. The van der Waals surface area contributed by atoms with E-state index in [-0.39, 0.29) is 43.1 Å². The second kappa shape index (κ2) is 22.5. The third-order valence-corrected chi connectivity index (χ3v) is 0.430. The van der Waals surface area contributed by atoms with E-state index >= 15 is 0 Å². The number of hydrogen-bond donors (Lipinski definition) is 1. The maximum Gasteiger partial charge on any atom is 0.329 e. The SMILES string of the molecule is CCOCC(=O)O.O.O.O.[Ir]. The van der Waals surface area contributed by atoms with Gasteiger partial charge in [0.15, 0.2) is 0 Å². The average molecular weight is 350 g/mol. The second-order valence-corrected chi connectivity index (χ2v) is 1.03. The molecule has 0 aromatic heterocycles. The summed E-state index contributed by atoms with van der Waals surface area (Å²) in [4.78, 5) is 9.63. The van der Waals surface area contributed by atoms with Gasteiger partial charge in [0, 0.05) is 26.7 Å². The largest absolute Gasteiger partial charge is 0.480 e. The van der Waals surface area contributed by atoms with Crippen LogP contribution in [0.4, 0.5) is 0 Å². The zero-order valence-electron chi connectivity index (χ0n) is 6.01. The molecule has 0 saturated heterocycles. The van der Waals surface area contributed by atoms with Gasteiger partial charge in [-0.15, -0.1) is 0 Å². The summed E-state index contributed by atoms with van der Waals surface area (Å²) in [6, 6.07) is 0. The van der Waals surface area contributed by atoms with Crippen LogP contribution in [0, 0.1) is 0 Å². The van der Waals surface area contributed by atoms with Gasteiger partial charge < -0.3 is 26.3 Å². The summed E-state index contributed by atoms with van der Waals surface area (Å²) in [6.07, 6.45) is 0. The molecule has 0 aliphatic carbocycles. The minimum atomic E-state index is -0.915. The monoisotopic (exact) mass is 351 g/mol. The molecule has 0 atom stereocenters.